The molecule has 1 N–H and O–H groups in total. The lowest BCUT2D eigenvalue weighted by atomic mass is 10.1. The van der Waals surface area contributed by atoms with Crippen LogP contribution in [0.25, 0.3) is 0 Å². The first-order valence-electron chi connectivity index (χ1n) is 7.90. The number of H-pyrrole nitrogens is 1. The van der Waals surface area contributed by atoms with Crippen molar-refractivity contribution in [2.24, 2.45) is 0 Å². The minimum atomic E-state index is 1.16. The molecule has 1 aromatic heterocycles. The average molecular weight is 251 g/mol. The number of rotatable bonds is 9. The molecule has 0 spiro atoms. The van der Waals surface area contributed by atoms with Crippen molar-refractivity contribution in [2.75, 3.05) is 0 Å². The molecule has 0 bridgehead atoms. The third-order valence-corrected chi connectivity index (χ3v) is 3.63. The maximum atomic E-state index is 3.71. The monoisotopic (exact) mass is 251 g/mol. The molecule has 0 saturated carbocycles. The van der Waals surface area contributed by atoms with Gasteiger partial charge in [-0.2, -0.15) is 0 Å². The second-order valence-electron chi connectivity index (χ2n) is 5.21. The lowest BCUT2D eigenvalue weighted by Gasteiger charge is -2.03. The molecule has 0 aromatic carbocycles. The molecule has 1 aromatic rings. The van der Waals surface area contributed by atoms with Crippen LogP contribution in [-0.4, -0.2) is 4.98 Å². The summed E-state index contributed by atoms with van der Waals surface area (Å²) in [5.74, 6) is 1.45. The molecular weight excluding hydrogens is 220 g/mol. The fourth-order valence-corrected chi connectivity index (χ4v) is 2.62. The molecule has 2 nitrogen and oxygen atoms in total. The van der Waals surface area contributed by atoms with Gasteiger partial charge in [0.15, 0.2) is 0 Å². The topological polar surface area (TPSA) is 19.7 Å². The van der Waals surface area contributed by atoms with Crippen LogP contribution in [0.15, 0.2) is 0 Å². The maximum absolute atomic E-state index is 3.71. The molecule has 104 valence electrons. The van der Waals surface area contributed by atoms with E-state index < -0.39 is 0 Å². The summed E-state index contributed by atoms with van der Waals surface area (Å²) < 4.78 is 2.57. The summed E-state index contributed by atoms with van der Waals surface area (Å²) in [4.78, 5) is 3.71. The van der Waals surface area contributed by atoms with E-state index in [1.54, 1.807) is 5.69 Å². The van der Waals surface area contributed by atoms with Crippen molar-refractivity contribution in [2.45, 2.75) is 85.6 Å². The van der Waals surface area contributed by atoms with E-state index in [1.807, 2.05) is 0 Å². The standard InChI is InChI=1S/C16H30N2/c1-5-9-12-14-15(8-4)18(13-10-6-2)16(17-14)11-7-3/h5-13H2,1-4H3/p+1. The van der Waals surface area contributed by atoms with E-state index in [0.717, 1.165) is 6.42 Å². The highest BCUT2D eigenvalue weighted by molar-refractivity contribution is 5.08. The fourth-order valence-electron chi connectivity index (χ4n) is 2.62. The summed E-state index contributed by atoms with van der Waals surface area (Å²) in [6.45, 7) is 10.3. The molecule has 0 aliphatic rings. The molecule has 0 saturated heterocycles. The number of hydrogen-bond donors (Lipinski definition) is 1. The van der Waals surface area contributed by atoms with Gasteiger partial charge >= 0.3 is 0 Å². The summed E-state index contributed by atoms with van der Waals surface area (Å²) in [7, 11) is 0. The molecule has 0 atom stereocenters. The smallest absolute Gasteiger partial charge is 0.245 e. The van der Waals surface area contributed by atoms with Crippen LogP contribution in [0.4, 0.5) is 0 Å². The molecule has 0 aliphatic carbocycles. The zero-order chi connectivity index (χ0) is 13.4. The number of aromatic amines is 1. The van der Waals surface area contributed by atoms with E-state index in [0.29, 0.717) is 0 Å². The van der Waals surface area contributed by atoms with Crippen molar-refractivity contribution in [3.63, 3.8) is 0 Å². The van der Waals surface area contributed by atoms with Crippen molar-refractivity contribution < 1.29 is 4.57 Å². The highest BCUT2D eigenvalue weighted by Crippen LogP contribution is 2.11. The largest absolute Gasteiger partial charge is 0.254 e. The fraction of sp³-hybridized carbons (Fsp3) is 0.812. The summed E-state index contributed by atoms with van der Waals surface area (Å²) in [5, 5.41) is 0. The lowest BCUT2D eigenvalue weighted by Crippen LogP contribution is -2.40. The van der Waals surface area contributed by atoms with Gasteiger partial charge < -0.3 is 0 Å². The van der Waals surface area contributed by atoms with Gasteiger partial charge in [-0.25, -0.2) is 9.55 Å². The number of aromatic nitrogens is 2. The Balaban J connectivity index is 2.96. The molecule has 1 heterocycles. The Kier molecular flexibility index (Phi) is 7.07. The first kappa shape index (κ1) is 15.3. The Bertz CT molecular complexity index is 339. The minimum absolute atomic E-state index is 1.16. The van der Waals surface area contributed by atoms with Gasteiger partial charge in [-0.05, 0) is 19.3 Å². The van der Waals surface area contributed by atoms with Crippen molar-refractivity contribution in [3.8, 4) is 0 Å². The Morgan fingerprint density at radius 1 is 0.889 bits per heavy atom. The molecule has 0 aliphatic heterocycles. The van der Waals surface area contributed by atoms with Gasteiger partial charge in [0.2, 0.25) is 0 Å². The van der Waals surface area contributed by atoms with E-state index in [9.17, 15) is 0 Å². The molecule has 18 heavy (non-hydrogen) atoms. The van der Waals surface area contributed by atoms with Gasteiger partial charge in [0, 0.05) is 19.3 Å². The van der Waals surface area contributed by atoms with Crippen LogP contribution in [0.3, 0.4) is 0 Å². The zero-order valence-electron chi connectivity index (χ0n) is 12.8. The molecular formula is C16H31N2+. The number of unbranched alkanes of at least 4 members (excludes halogenated alkanes) is 2. The summed E-state index contributed by atoms with van der Waals surface area (Å²) in [5.41, 5.74) is 3.05. The molecule has 0 amide bonds. The van der Waals surface area contributed by atoms with E-state index >= 15 is 0 Å². The van der Waals surface area contributed by atoms with Crippen LogP contribution in [0.2, 0.25) is 0 Å². The molecule has 0 fully saturated rings. The first-order chi connectivity index (χ1) is 8.78. The van der Waals surface area contributed by atoms with Crippen molar-refractivity contribution in [1.82, 2.24) is 4.98 Å². The van der Waals surface area contributed by atoms with E-state index in [-0.39, 0.29) is 0 Å². The number of nitrogens with zero attached hydrogens (tertiary/aromatic N) is 1. The predicted octanol–water partition coefficient (Wildman–Crippen LogP) is 3.96. The third kappa shape index (κ3) is 3.86. The molecule has 2 heteroatoms. The molecule has 0 radical (unpaired) electrons. The van der Waals surface area contributed by atoms with Crippen LogP contribution in [0.5, 0.6) is 0 Å². The number of imidazole rings is 1. The Morgan fingerprint density at radius 3 is 2.17 bits per heavy atom. The number of hydrogen-bond acceptors (Lipinski definition) is 0. The average Bonchev–Trinajstić information content (AvgIpc) is 2.71. The van der Waals surface area contributed by atoms with Crippen LogP contribution in [0, 0.1) is 0 Å². The van der Waals surface area contributed by atoms with Crippen molar-refractivity contribution >= 4 is 0 Å². The third-order valence-electron chi connectivity index (χ3n) is 3.63. The van der Waals surface area contributed by atoms with Crippen LogP contribution >= 0.6 is 0 Å². The summed E-state index contributed by atoms with van der Waals surface area (Å²) in [6.07, 6.45) is 9.92. The van der Waals surface area contributed by atoms with Crippen LogP contribution in [-0.2, 0) is 25.8 Å². The molecule has 1 rings (SSSR count). The van der Waals surface area contributed by atoms with Crippen molar-refractivity contribution in [1.29, 1.82) is 0 Å². The highest BCUT2D eigenvalue weighted by atomic mass is 15.1. The summed E-state index contributed by atoms with van der Waals surface area (Å²) >= 11 is 0. The van der Waals surface area contributed by atoms with Crippen LogP contribution in [0.1, 0.15) is 77.0 Å². The van der Waals surface area contributed by atoms with Crippen molar-refractivity contribution in [3.05, 3.63) is 17.2 Å². The Labute approximate surface area is 113 Å². The lowest BCUT2D eigenvalue weighted by molar-refractivity contribution is -0.710. The van der Waals surface area contributed by atoms with E-state index in [2.05, 4.69) is 37.2 Å². The van der Waals surface area contributed by atoms with E-state index in [4.69, 9.17) is 0 Å². The normalized spacial score (nSPS) is 11.1. The van der Waals surface area contributed by atoms with Gasteiger partial charge in [0.05, 0.1) is 6.54 Å². The highest BCUT2D eigenvalue weighted by Gasteiger charge is 2.21. The summed E-state index contributed by atoms with van der Waals surface area (Å²) in [6, 6.07) is 0. The molecule has 0 unspecified atom stereocenters. The SMILES string of the molecule is CCCCc1[nH]c(CCC)[n+](CCCC)c1CC. The van der Waals surface area contributed by atoms with Gasteiger partial charge in [0.1, 0.15) is 11.4 Å². The number of aryl methyl sites for hydroxylation is 2. The van der Waals surface area contributed by atoms with Gasteiger partial charge in [0.25, 0.3) is 5.82 Å². The Morgan fingerprint density at radius 2 is 1.61 bits per heavy atom. The second-order valence-corrected chi connectivity index (χ2v) is 5.21. The van der Waals surface area contributed by atoms with E-state index in [1.165, 1.54) is 63.0 Å². The predicted molar refractivity (Wildman–Crippen MR) is 77.9 cm³/mol. The maximum Gasteiger partial charge on any atom is 0.254 e. The van der Waals surface area contributed by atoms with Gasteiger partial charge in [-0.15, -0.1) is 0 Å². The first-order valence-corrected chi connectivity index (χ1v) is 7.90. The quantitative estimate of drug-likeness (QED) is 0.641. The van der Waals surface area contributed by atoms with Gasteiger partial charge in [-0.1, -0.05) is 40.5 Å². The van der Waals surface area contributed by atoms with Crippen LogP contribution < -0.4 is 4.57 Å². The number of nitrogens with one attached hydrogen (secondary N) is 1. The Hall–Kier alpha value is -0.790. The van der Waals surface area contributed by atoms with Gasteiger partial charge in [-0.3, -0.25) is 0 Å². The zero-order valence-corrected chi connectivity index (χ0v) is 12.8. The minimum Gasteiger partial charge on any atom is -0.245 e. The second kappa shape index (κ2) is 8.34.